The van der Waals surface area contributed by atoms with Gasteiger partial charge in [0.15, 0.2) is 0 Å². The van der Waals surface area contributed by atoms with Gasteiger partial charge in [-0.3, -0.25) is 4.79 Å². The summed E-state index contributed by atoms with van der Waals surface area (Å²) in [5.41, 5.74) is 2.19. The van der Waals surface area contributed by atoms with Crippen LogP contribution in [0.2, 0.25) is 0 Å². The van der Waals surface area contributed by atoms with Gasteiger partial charge in [0.2, 0.25) is 5.91 Å². The third-order valence-corrected chi connectivity index (χ3v) is 4.69. The van der Waals surface area contributed by atoms with Gasteiger partial charge < -0.3 is 10.1 Å². The minimum atomic E-state index is 0.0310. The molecule has 0 saturated carbocycles. The number of rotatable bonds is 7. The molecule has 0 heterocycles. The fourth-order valence-electron chi connectivity index (χ4n) is 2.44. The van der Waals surface area contributed by atoms with Gasteiger partial charge in [0.05, 0.1) is 18.9 Å². The molecule has 0 fully saturated rings. The minimum Gasteiger partial charge on any atom is -0.496 e. The van der Waals surface area contributed by atoms with E-state index in [0.717, 1.165) is 28.2 Å². The van der Waals surface area contributed by atoms with Crippen LogP contribution >= 0.6 is 11.8 Å². The summed E-state index contributed by atoms with van der Waals surface area (Å²) in [7, 11) is 1.67. The average molecular weight is 329 g/mol. The molecule has 0 aliphatic carbocycles. The van der Waals surface area contributed by atoms with Crippen LogP contribution in [0.15, 0.2) is 53.4 Å². The zero-order chi connectivity index (χ0) is 16.7. The highest BCUT2D eigenvalue weighted by molar-refractivity contribution is 8.00. The van der Waals surface area contributed by atoms with E-state index in [0.29, 0.717) is 5.75 Å². The number of thioether (sulfide) groups is 1. The van der Waals surface area contributed by atoms with E-state index in [1.165, 1.54) is 0 Å². The number of nitrogens with one attached hydrogen (secondary N) is 1. The van der Waals surface area contributed by atoms with Gasteiger partial charge in [-0.25, -0.2) is 0 Å². The number of benzene rings is 2. The molecule has 0 radical (unpaired) electrons. The van der Waals surface area contributed by atoms with Crippen molar-refractivity contribution in [2.45, 2.75) is 31.2 Å². The monoisotopic (exact) mass is 329 g/mol. The van der Waals surface area contributed by atoms with Crippen LogP contribution in [0.4, 0.5) is 0 Å². The van der Waals surface area contributed by atoms with Gasteiger partial charge in [-0.1, -0.05) is 37.3 Å². The van der Waals surface area contributed by atoms with E-state index >= 15 is 0 Å². The molecule has 2 aromatic rings. The van der Waals surface area contributed by atoms with Gasteiger partial charge >= 0.3 is 0 Å². The normalized spacial score (nSPS) is 11.8. The summed E-state index contributed by atoms with van der Waals surface area (Å²) in [5, 5.41) is 3.12. The average Bonchev–Trinajstić information content (AvgIpc) is 2.58. The molecule has 2 aromatic carbocycles. The zero-order valence-corrected chi connectivity index (χ0v) is 14.7. The summed E-state index contributed by atoms with van der Waals surface area (Å²) in [4.78, 5) is 13.3. The maximum Gasteiger partial charge on any atom is 0.230 e. The molecule has 0 aromatic heterocycles. The molecular weight excluding hydrogens is 306 g/mol. The number of ether oxygens (including phenoxy) is 1. The molecule has 0 unspecified atom stereocenters. The third-order valence-electron chi connectivity index (χ3n) is 3.68. The molecule has 1 atom stereocenters. The summed E-state index contributed by atoms with van der Waals surface area (Å²) in [6, 6.07) is 16.1. The summed E-state index contributed by atoms with van der Waals surface area (Å²) in [5.74, 6) is 1.35. The summed E-state index contributed by atoms with van der Waals surface area (Å²) < 4.78 is 5.29. The van der Waals surface area contributed by atoms with E-state index in [2.05, 4.69) is 18.3 Å². The predicted molar refractivity (Wildman–Crippen MR) is 96.1 cm³/mol. The molecule has 2 rings (SSSR count). The Bertz CT molecular complexity index is 643. The van der Waals surface area contributed by atoms with Crippen molar-refractivity contribution < 1.29 is 9.53 Å². The van der Waals surface area contributed by atoms with Crippen molar-refractivity contribution in [3.05, 3.63) is 59.7 Å². The topological polar surface area (TPSA) is 38.3 Å². The molecule has 1 N–H and O–H groups in total. The molecular formula is C19H23NO2S. The Morgan fingerprint density at radius 3 is 2.57 bits per heavy atom. The highest BCUT2D eigenvalue weighted by Gasteiger charge is 2.14. The molecule has 3 nitrogen and oxygen atoms in total. The summed E-state index contributed by atoms with van der Waals surface area (Å²) >= 11 is 1.55. The van der Waals surface area contributed by atoms with Crippen molar-refractivity contribution in [2.75, 3.05) is 12.9 Å². The number of aryl methyl sites for hydroxylation is 1. The number of carbonyl (C=O) groups is 1. The Kier molecular flexibility index (Phi) is 6.53. The van der Waals surface area contributed by atoms with E-state index in [-0.39, 0.29) is 11.9 Å². The van der Waals surface area contributed by atoms with Crippen LogP contribution in [0.5, 0.6) is 5.75 Å². The van der Waals surface area contributed by atoms with Crippen LogP contribution in [-0.2, 0) is 4.79 Å². The first-order valence-corrected chi connectivity index (χ1v) is 8.74. The van der Waals surface area contributed by atoms with Crippen LogP contribution in [0, 0.1) is 6.92 Å². The number of amides is 1. The molecule has 0 aliphatic rings. The Hall–Kier alpha value is -1.94. The fraction of sp³-hybridized carbons (Fsp3) is 0.316. The van der Waals surface area contributed by atoms with E-state index in [1.807, 2.05) is 49.4 Å². The lowest BCUT2D eigenvalue weighted by molar-refractivity contribution is -0.119. The van der Waals surface area contributed by atoms with Crippen LogP contribution in [-0.4, -0.2) is 18.8 Å². The molecule has 4 heteroatoms. The van der Waals surface area contributed by atoms with Crippen molar-refractivity contribution in [1.82, 2.24) is 5.32 Å². The van der Waals surface area contributed by atoms with Crippen molar-refractivity contribution >= 4 is 17.7 Å². The smallest absolute Gasteiger partial charge is 0.230 e. The number of methoxy groups -OCH3 is 1. The summed E-state index contributed by atoms with van der Waals surface area (Å²) in [6.45, 7) is 4.09. The van der Waals surface area contributed by atoms with Gasteiger partial charge in [-0.2, -0.15) is 0 Å². The zero-order valence-electron chi connectivity index (χ0n) is 13.8. The molecule has 0 bridgehead atoms. The highest BCUT2D eigenvalue weighted by atomic mass is 32.2. The number of hydrogen-bond donors (Lipinski definition) is 1. The second-order valence-corrected chi connectivity index (χ2v) is 6.41. The fourth-order valence-corrected chi connectivity index (χ4v) is 3.17. The van der Waals surface area contributed by atoms with Gasteiger partial charge in [-0.15, -0.1) is 11.8 Å². The van der Waals surface area contributed by atoms with Crippen LogP contribution < -0.4 is 10.1 Å². The van der Waals surface area contributed by atoms with Crippen molar-refractivity contribution in [3.8, 4) is 5.75 Å². The van der Waals surface area contributed by atoms with Gasteiger partial charge in [-0.05, 0) is 42.7 Å². The number of carbonyl (C=O) groups excluding carboxylic acids is 1. The Labute approximate surface area is 142 Å². The minimum absolute atomic E-state index is 0.0310. The lowest BCUT2D eigenvalue weighted by atomic mass is 10.0. The van der Waals surface area contributed by atoms with Gasteiger partial charge in [0.1, 0.15) is 5.75 Å². The number of hydrogen-bond acceptors (Lipinski definition) is 3. The highest BCUT2D eigenvalue weighted by Crippen LogP contribution is 2.24. The first kappa shape index (κ1) is 17.4. The second-order valence-electron chi connectivity index (χ2n) is 5.36. The molecule has 0 saturated heterocycles. The van der Waals surface area contributed by atoms with Gasteiger partial charge in [0, 0.05) is 4.90 Å². The third kappa shape index (κ3) is 5.03. The van der Waals surface area contributed by atoms with Crippen LogP contribution in [0.1, 0.15) is 30.5 Å². The van der Waals surface area contributed by atoms with E-state index in [1.54, 1.807) is 18.9 Å². The maximum atomic E-state index is 12.2. The second kappa shape index (κ2) is 8.63. The Morgan fingerprint density at radius 2 is 1.96 bits per heavy atom. The van der Waals surface area contributed by atoms with E-state index in [4.69, 9.17) is 4.74 Å². The predicted octanol–water partition coefficient (Wildman–Crippen LogP) is 4.36. The van der Waals surface area contributed by atoms with Crippen molar-refractivity contribution in [1.29, 1.82) is 0 Å². The van der Waals surface area contributed by atoms with E-state index in [9.17, 15) is 4.79 Å². The lowest BCUT2D eigenvalue weighted by Crippen LogP contribution is -2.29. The summed E-state index contributed by atoms with van der Waals surface area (Å²) in [6.07, 6.45) is 0.855. The lowest BCUT2D eigenvalue weighted by Gasteiger charge is -2.19. The van der Waals surface area contributed by atoms with Crippen molar-refractivity contribution in [2.24, 2.45) is 0 Å². The molecule has 0 spiro atoms. The molecule has 23 heavy (non-hydrogen) atoms. The van der Waals surface area contributed by atoms with E-state index < -0.39 is 0 Å². The first-order valence-electron chi connectivity index (χ1n) is 7.75. The van der Waals surface area contributed by atoms with Crippen LogP contribution in [0.3, 0.4) is 0 Å². The van der Waals surface area contributed by atoms with Gasteiger partial charge in [0.25, 0.3) is 0 Å². The maximum absolute atomic E-state index is 12.2. The quantitative estimate of drug-likeness (QED) is 0.767. The Morgan fingerprint density at radius 1 is 1.22 bits per heavy atom. The molecule has 122 valence electrons. The molecule has 0 aliphatic heterocycles. The largest absolute Gasteiger partial charge is 0.496 e. The van der Waals surface area contributed by atoms with Crippen LogP contribution in [0.25, 0.3) is 0 Å². The Balaban J connectivity index is 1.96. The van der Waals surface area contributed by atoms with Crippen molar-refractivity contribution in [3.63, 3.8) is 0 Å². The molecule has 1 amide bonds. The first-order chi connectivity index (χ1) is 11.1. The standard InChI is InChI=1S/C19H23NO2S/c1-4-17(15-10-11-18(22-3)14(2)12-15)20-19(21)13-23-16-8-6-5-7-9-16/h5-12,17H,4,13H2,1-3H3,(H,20,21)/t17-/m0/s1. The SMILES string of the molecule is CC[C@H](NC(=O)CSc1ccccc1)c1ccc(OC)c(C)c1.